The largest absolute Gasteiger partial charge is 0.497 e. The van der Waals surface area contributed by atoms with Crippen LogP contribution in [0.15, 0.2) is 59.6 Å². The van der Waals surface area contributed by atoms with Gasteiger partial charge in [-0.05, 0) is 50.5 Å². The minimum Gasteiger partial charge on any atom is -0.497 e. The standard InChI is InChI=1S/C18H27NO2.C2H6/c1-6-9-18(21-5)13-15(3)10-8-11-19-17(7-2)12-16(4)14-20;1-2/h6-10,12-15,19H,11H2,1-5H3;1-2H3/b9-6-,10-8+,16-12+,17-7+,18-13+;. The fourth-order valence-electron chi connectivity index (χ4n) is 1.65. The summed E-state index contributed by atoms with van der Waals surface area (Å²) in [7, 11) is 1.67. The van der Waals surface area contributed by atoms with Crippen LogP contribution < -0.4 is 5.32 Å². The van der Waals surface area contributed by atoms with Gasteiger partial charge in [0.25, 0.3) is 0 Å². The van der Waals surface area contributed by atoms with Crippen LogP contribution in [0, 0.1) is 5.92 Å². The maximum atomic E-state index is 10.6. The van der Waals surface area contributed by atoms with Crippen LogP contribution in [0.4, 0.5) is 0 Å². The first-order valence-electron chi connectivity index (χ1n) is 8.16. The Labute approximate surface area is 142 Å². The number of allylic oxidation sites excluding steroid dienone is 7. The second-order valence-electron chi connectivity index (χ2n) is 4.69. The maximum absolute atomic E-state index is 10.6. The van der Waals surface area contributed by atoms with E-state index in [2.05, 4.69) is 30.5 Å². The van der Waals surface area contributed by atoms with Gasteiger partial charge in [-0.15, -0.1) is 0 Å². The molecule has 3 heteroatoms. The summed E-state index contributed by atoms with van der Waals surface area (Å²) in [5.74, 6) is 1.15. The average molecular weight is 319 g/mol. The molecule has 1 N–H and O–H groups in total. The molecular weight excluding hydrogens is 286 g/mol. The Morgan fingerprint density at radius 1 is 1.26 bits per heavy atom. The zero-order valence-electron chi connectivity index (χ0n) is 15.7. The highest BCUT2D eigenvalue weighted by Crippen LogP contribution is 2.07. The lowest BCUT2D eigenvalue weighted by Gasteiger charge is -2.06. The van der Waals surface area contributed by atoms with Crippen molar-refractivity contribution in [1.29, 1.82) is 0 Å². The highest BCUT2D eigenvalue weighted by molar-refractivity contribution is 5.73. The van der Waals surface area contributed by atoms with Gasteiger partial charge in [0, 0.05) is 12.2 Å². The van der Waals surface area contributed by atoms with Crippen LogP contribution >= 0.6 is 0 Å². The highest BCUT2D eigenvalue weighted by Gasteiger charge is 1.95. The molecule has 0 fully saturated rings. The molecule has 1 unspecified atom stereocenters. The van der Waals surface area contributed by atoms with Crippen LogP contribution in [0.5, 0.6) is 0 Å². The number of hydrogen-bond donors (Lipinski definition) is 1. The predicted molar refractivity (Wildman–Crippen MR) is 101 cm³/mol. The Kier molecular flexibility index (Phi) is 16.5. The first-order chi connectivity index (χ1) is 11.1. The molecule has 0 aliphatic carbocycles. The van der Waals surface area contributed by atoms with E-state index in [1.807, 2.05) is 52.0 Å². The number of methoxy groups -OCH3 is 1. The molecule has 0 aliphatic rings. The third kappa shape index (κ3) is 13.4. The molecule has 0 heterocycles. The Balaban J connectivity index is 0. The lowest BCUT2D eigenvalue weighted by Crippen LogP contribution is -2.11. The number of ether oxygens (including phenoxy) is 1. The van der Waals surface area contributed by atoms with Gasteiger partial charge in [0.1, 0.15) is 12.0 Å². The van der Waals surface area contributed by atoms with E-state index in [1.54, 1.807) is 14.0 Å². The summed E-state index contributed by atoms with van der Waals surface area (Å²) in [6, 6.07) is 0. The first kappa shape index (κ1) is 23.2. The van der Waals surface area contributed by atoms with E-state index in [1.165, 1.54) is 0 Å². The first-order valence-corrected chi connectivity index (χ1v) is 8.16. The van der Waals surface area contributed by atoms with Crippen LogP contribution in [-0.4, -0.2) is 19.9 Å². The summed E-state index contributed by atoms with van der Waals surface area (Å²) in [4.78, 5) is 10.6. The summed E-state index contributed by atoms with van der Waals surface area (Å²) < 4.78 is 5.25. The Morgan fingerprint density at radius 3 is 2.39 bits per heavy atom. The number of nitrogens with one attached hydrogen (secondary N) is 1. The van der Waals surface area contributed by atoms with Gasteiger partial charge in [0.15, 0.2) is 0 Å². The lowest BCUT2D eigenvalue weighted by molar-refractivity contribution is -0.104. The molecule has 0 saturated heterocycles. The average Bonchev–Trinajstić information content (AvgIpc) is 2.58. The van der Waals surface area contributed by atoms with Crippen LogP contribution in [0.25, 0.3) is 0 Å². The lowest BCUT2D eigenvalue weighted by atomic mass is 10.1. The van der Waals surface area contributed by atoms with Crippen molar-refractivity contribution in [2.75, 3.05) is 13.7 Å². The Morgan fingerprint density at radius 2 is 1.91 bits per heavy atom. The van der Waals surface area contributed by atoms with Crippen molar-refractivity contribution in [3.05, 3.63) is 59.6 Å². The van der Waals surface area contributed by atoms with Gasteiger partial charge >= 0.3 is 0 Å². The molecule has 0 radical (unpaired) electrons. The topological polar surface area (TPSA) is 38.3 Å². The molecule has 0 bridgehead atoms. The van der Waals surface area contributed by atoms with Crippen molar-refractivity contribution < 1.29 is 9.53 Å². The van der Waals surface area contributed by atoms with Crippen LogP contribution in [0.3, 0.4) is 0 Å². The number of carbonyl (C=O) groups excluding carboxylic acids is 1. The third-order valence-corrected chi connectivity index (χ3v) is 2.74. The number of aldehydes is 1. The molecule has 130 valence electrons. The molecule has 23 heavy (non-hydrogen) atoms. The second-order valence-corrected chi connectivity index (χ2v) is 4.69. The summed E-state index contributed by atoms with van der Waals surface area (Å²) in [6.45, 7) is 12.5. The number of carbonyl (C=O) groups is 1. The minimum absolute atomic E-state index is 0.291. The van der Waals surface area contributed by atoms with Gasteiger partial charge in [-0.3, -0.25) is 4.79 Å². The smallest absolute Gasteiger partial charge is 0.145 e. The van der Waals surface area contributed by atoms with Gasteiger partial charge < -0.3 is 10.1 Å². The molecule has 0 rings (SSSR count). The van der Waals surface area contributed by atoms with E-state index < -0.39 is 0 Å². The van der Waals surface area contributed by atoms with Crippen molar-refractivity contribution >= 4 is 6.29 Å². The molecule has 0 aliphatic heterocycles. The van der Waals surface area contributed by atoms with Gasteiger partial charge in [0.2, 0.25) is 0 Å². The van der Waals surface area contributed by atoms with Crippen molar-refractivity contribution in [2.45, 2.75) is 41.5 Å². The monoisotopic (exact) mass is 319 g/mol. The maximum Gasteiger partial charge on any atom is 0.145 e. The summed E-state index contributed by atoms with van der Waals surface area (Å²) in [6.07, 6.45) is 14.8. The molecular formula is C20H33NO2. The molecule has 1 atom stereocenters. The quantitative estimate of drug-likeness (QED) is 0.215. The van der Waals surface area contributed by atoms with Crippen molar-refractivity contribution in [3.63, 3.8) is 0 Å². The van der Waals surface area contributed by atoms with Gasteiger partial charge in [-0.2, -0.15) is 0 Å². The summed E-state index contributed by atoms with van der Waals surface area (Å²) >= 11 is 0. The zero-order chi connectivity index (χ0) is 18.1. The molecule has 0 aromatic heterocycles. The van der Waals surface area contributed by atoms with Gasteiger partial charge in [0.05, 0.1) is 7.11 Å². The predicted octanol–water partition coefficient (Wildman–Crippen LogP) is 4.95. The normalized spacial score (nSPS) is 14.5. The summed E-state index contributed by atoms with van der Waals surface area (Å²) in [5.41, 5.74) is 1.64. The van der Waals surface area contributed by atoms with E-state index in [0.29, 0.717) is 18.0 Å². The van der Waals surface area contributed by atoms with Crippen molar-refractivity contribution in [1.82, 2.24) is 5.32 Å². The minimum atomic E-state index is 0.291. The van der Waals surface area contributed by atoms with E-state index >= 15 is 0 Å². The Hall–Kier alpha value is -2.03. The van der Waals surface area contributed by atoms with E-state index in [9.17, 15) is 4.79 Å². The molecule has 0 spiro atoms. The highest BCUT2D eigenvalue weighted by atomic mass is 16.5. The van der Waals surface area contributed by atoms with Crippen molar-refractivity contribution in [2.24, 2.45) is 5.92 Å². The van der Waals surface area contributed by atoms with Crippen LogP contribution in [-0.2, 0) is 9.53 Å². The third-order valence-electron chi connectivity index (χ3n) is 2.74. The SMILES string of the molecule is C/C=C\C(=C/C(C)/C=C/CNC(/C=C(\C)C=O)=C/C)OC.CC. The van der Waals surface area contributed by atoms with Crippen LogP contribution in [0.2, 0.25) is 0 Å². The fourth-order valence-corrected chi connectivity index (χ4v) is 1.65. The molecule has 0 aromatic rings. The van der Waals surface area contributed by atoms with E-state index in [0.717, 1.165) is 17.7 Å². The van der Waals surface area contributed by atoms with Crippen LogP contribution in [0.1, 0.15) is 41.5 Å². The molecule has 0 saturated carbocycles. The molecule has 0 amide bonds. The fraction of sp³-hybridized carbons (Fsp3) is 0.450. The van der Waals surface area contributed by atoms with Crippen molar-refractivity contribution in [3.8, 4) is 0 Å². The molecule has 0 aromatic carbocycles. The Bertz CT molecular complexity index is 454. The van der Waals surface area contributed by atoms with E-state index in [-0.39, 0.29) is 0 Å². The number of rotatable bonds is 9. The number of hydrogen-bond acceptors (Lipinski definition) is 3. The molecule has 3 nitrogen and oxygen atoms in total. The summed E-state index contributed by atoms with van der Waals surface area (Å²) in [5, 5.41) is 3.26. The van der Waals surface area contributed by atoms with Gasteiger partial charge in [-0.1, -0.05) is 45.1 Å². The second kappa shape index (κ2) is 16.3. The van der Waals surface area contributed by atoms with E-state index in [4.69, 9.17) is 4.74 Å². The van der Waals surface area contributed by atoms with Gasteiger partial charge in [-0.25, -0.2) is 0 Å². The zero-order valence-corrected chi connectivity index (χ0v) is 15.7.